The molecule has 392 valence electrons. The first-order valence-corrected chi connectivity index (χ1v) is 27.0. The normalized spacial score (nSPS) is 50.2. The molecule has 70 heavy (non-hydrogen) atoms. The van der Waals surface area contributed by atoms with Crippen LogP contribution in [0.15, 0.2) is 24.2 Å². The Hall–Kier alpha value is -2.51. The Balaban J connectivity index is 1.14. The molecule has 1 spiro atoms. The average Bonchev–Trinajstić information content (AvgIpc) is 4.07. The summed E-state index contributed by atoms with van der Waals surface area (Å²) < 4.78 is 12.7. The third-order valence-electron chi connectivity index (χ3n) is 23.1. The summed E-state index contributed by atoms with van der Waals surface area (Å²) in [5.74, 6) is -2.38. The Morgan fingerprint density at radius 3 is 2.29 bits per heavy atom. The molecule has 10 rings (SSSR count). The number of ether oxygens (including phenoxy) is 2. The summed E-state index contributed by atoms with van der Waals surface area (Å²) in [4.78, 5) is 36.5. The topological polar surface area (TPSA) is 281 Å². The maximum absolute atomic E-state index is 14.8. The summed E-state index contributed by atoms with van der Waals surface area (Å²) >= 11 is 0. The zero-order chi connectivity index (χ0) is 50.1. The Kier molecular flexibility index (Phi) is 13.0. The Morgan fingerprint density at radius 1 is 0.900 bits per heavy atom. The zero-order valence-electron chi connectivity index (χ0n) is 42.1. The number of hydrogen-bond acceptors (Lipinski definition) is 13. The van der Waals surface area contributed by atoms with Crippen molar-refractivity contribution in [1.82, 2.24) is 15.3 Å². The molecule has 8 fully saturated rings. The number of amides is 1. The lowest BCUT2D eigenvalue weighted by Gasteiger charge is -2.75. The van der Waals surface area contributed by atoms with Gasteiger partial charge in [-0.1, -0.05) is 65.5 Å². The summed E-state index contributed by atoms with van der Waals surface area (Å²) in [5, 5.41) is 94.6. The number of aliphatic hydroxyl groups excluding tert-OH is 7. The van der Waals surface area contributed by atoms with Crippen molar-refractivity contribution in [2.45, 2.75) is 192 Å². The van der Waals surface area contributed by atoms with Crippen molar-refractivity contribution in [2.75, 3.05) is 19.8 Å². The van der Waals surface area contributed by atoms with Crippen LogP contribution in [0.5, 0.6) is 0 Å². The second-order valence-electron chi connectivity index (χ2n) is 25.9. The highest BCUT2D eigenvalue weighted by atomic mass is 16.7. The summed E-state index contributed by atoms with van der Waals surface area (Å²) in [6, 6.07) is -0.413. The first-order valence-electron chi connectivity index (χ1n) is 27.0. The van der Waals surface area contributed by atoms with Crippen molar-refractivity contribution in [3.8, 4) is 0 Å². The van der Waals surface area contributed by atoms with Crippen LogP contribution in [0.25, 0.3) is 0 Å². The van der Waals surface area contributed by atoms with Crippen molar-refractivity contribution in [1.29, 1.82) is 0 Å². The van der Waals surface area contributed by atoms with E-state index < -0.39 is 98.9 Å². The molecule has 12 N–H and O–H groups in total. The van der Waals surface area contributed by atoms with E-state index in [0.29, 0.717) is 57.8 Å². The van der Waals surface area contributed by atoms with E-state index in [2.05, 4.69) is 49.1 Å². The van der Waals surface area contributed by atoms with Gasteiger partial charge in [-0.15, -0.1) is 0 Å². The largest absolute Gasteiger partial charge is 0.481 e. The lowest BCUT2D eigenvalue weighted by Crippen LogP contribution is -2.73. The number of rotatable bonds is 12. The number of imidazole rings is 1. The maximum Gasteiger partial charge on any atom is 0.310 e. The van der Waals surface area contributed by atoms with Gasteiger partial charge in [0.1, 0.15) is 24.5 Å². The molecule has 2 bridgehead atoms. The van der Waals surface area contributed by atoms with Gasteiger partial charge >= 0.3 is 5.97 Å². The molecule has 22 atom stereocenters. The molecule has 3 heterocycles. The SMILES string of the molecule is CC1(CO)CC2CCCC3CC2(C(=O)O)C(C1)C1=CCC2C4(C)C(CC5C(C(CCC(N)O)c6cnc[nH]6)NC(=O)C56CCCC6)C(O)C(OC5OCC(O)C(O)C5O)C(C)(CO)C4CCC2(C)C13C. The van der Waals surface area contributed by atoms with Crippen LogP contribution in [0, 0.1) is 79.3 Å². The smallest absolute Gasteiger partial charge is 0.310 e. The number of carboxylic acid groups (broad SMARTS) is 1. The molecule has 7 aliphatic carbocycles. The minimum Gasteiger partial charge on any atom is -0.481 e. The van der Waals surface area contributed by atoms with Crippen molar-refractivity contribution >= 4 is 11.9 Å². The fourth-order valence-electron chi connectivity index (χ4n) is 19.5. The van der Waals surface area contributed by atoms with Crippen molar-refractivity contribution < 1.29 is 59.9 Å². The number of carboxylic acids is 1. The Labute approximate surface area is 413 Å². The fourth-order valence-corrected chi connectivity index (χ4v) is 19.5. The van der Waals surface area contributed by atoms with Crippen LogP contribution in [-0.2, 0) is 19.1 Å². The van der Waals surface area contributed by atoms with E-state index in [-0.39, 0.29) is 73.6 Å². The number of aromatic amines is 1. The zero-order valence-corrected chi connectivity index (χ0v) is 42.1. The van der Waals surface area contributed by atoms with Crippen molar-refractivity contribution in [2.24, 2.45) is 85.1 Å². The number of nitrogens with one attached hydrogen (secondary N) is 2. The number of allylic oxidation sites excluding steroid dienone is 2. The Bertz CT molecular complexity index is 2150. The average molecular weight is 981 g/mol. The summed E-state index contributed by atoms with van der Waals surface area (Å²) in [6.07, 6.45) is 7.28. The van der Waals surface area contributed by atoms with Crippen LogP contribution in [0.3, 0.4) is 0 Å². The van der Waals surface area contributed by atoms with E-state index in [4.69, 9.17) is 15.2 Å². The van der Waals surface area contributed by atoms with Gasteiger partial charge in [-0.25, -0.2) is 4.98 Å². The molecule has 1 aromatic heterocycles. The summed E-state index contributed by atoms with van der Waals surface area (Å²) in [7, 11) is 0. The third-order valence-corrected chi connectivity index (χ3v) is 23.1. The molecule has 9 aliphatic rings. The van der Waals surface area contributed by atoms with Gasteiger partial charge in [0, 0.05) is 35.9 Å². The molecule has 1 aromatic rings. The van der Waals surface area contributed by atoms with Crippen LogP contribution in [0.4, 0.5) is 0 Å². The number of nitrogens with zero attached hydrogens (tertiary/aromatic N) is 1. The van der Waals surface area contributed by atoms with E-state index in [9.17, 15) is 50.4 Å². The van der Waals surface area contributed by atoms with Gasteiger partial charge in [-0.05, 0) is 147 Å². The van der Waals surface area contributed by atoms with Crippen LogP contribution in [0.1, 0.15) is 149 Å². The fraction of sp³-hybridized carbons (Fsp3) is 0.870. The third kappa shape index (κ3) is 7.05. The van der Waals surface area contributed by atoms with E-state index in [1.54, 1.807) is 12.5 Å². The number of aliphatic carboxylic acids is 1. The lowest BCUT2D eigenvalue weighted by molar-refractivity contribution is -0.341. The van der Waals surface area contributed by atoms with Crippen molar-refractivity contribution in [3.05, 3.63) is 29.9 Å². The van der Waals surface area contributed by atoms with E-state index in [1.807, 2.05) is 6.92 Å². The number of aromatic nitrogens is 2. The number of nitrogens with two attached hydrogens (primary N) is 1. The second-order valence-corrected chi connectivity index (χ2v) is 25.9. The number of carbonyl (C=O) groups excluding carboxylic acids is 1. The Morgan fingerprint density at radius 2 is 1.63 bits per heavy atom. The van der Waals surface area contributed by atoms with Gasteiger partial charge in [-0.2, -0.15) is 0 Å². The molecule has 22 unspecified atom stereocenters. The lowest BCUT2D eigenvalue weighted by atomic mass is 9.30. The molecule has 0 aromatic carbocycles. The van der Waals surface area contributed by atoms with Crippen molar-refractivity contribution in [3.63, 3.8) is 0 Å². The number of aliphatic hydroxyl groups is 7. The first-order chi connectivity index (χ1) is 33.1. The summed E-state index contributed by atoms with van der Waals surface area (Å²) in [5.41, 5.74) is 3.34. The molecule has 1 amide bonds. The standard InChI is InChI=1S/C54H84N4O12/c1-48(25-59)20-29-10-8-9-28-21-54(29,47(67)68)34(22-48)31-12-13-38-50(3,52(28,31)5)18-15-37-49(2,26-60)44(70-45-43(65)42(64)36(61)24-69-45)41(63)33(51(37,38)4)19-32-40(58-46(66)53(32)16-6-7-17-53)30(11-14-39(55)62)35-23-56-27-57-35/h12,23,27-30,32-34,36-45,59-65H,6-11,13-22,24-26,55H2,1-5H3,(H,56,57)(H,58,66)(H,67,68). The molecule has 2 aliphatic heterocycles. The van der Waals surface area contributed by atoms with Gasteiger partial charge < -0.3 is 66.4 Å². The highest BCUT2D eigenvalue weighted by Crippen LogP contribution is 2.80. The quantitative estimate of drug-likeness (QED) is 0.0800. The number of carbonyl (C=O) groups is 2. The minimum absolute atomic E-state index is 0.00280. The molecule has 16 heteroatoms. The highest BCUT2D eigenvalue weighted by Gasteiger charge is 2.76. The predicted octanol–water partition coefficient (Wildman–Crippen LogP) is 4.10. The summed E-state index contributed by atoms with van der Waals surface area (Å²) in [6.45, 7) is 10.6. The number of H-pyrrole nitrogens is 1. The first kappa shape index (κ1) is 51.0. The molecular weight excluding hydrogens is 897 g/mol. The maximum atomic E-state index is 14.8. The monoisotopic (exact) mass is 981 g/mol. The van der Waals surface area contributed by atoms with Crippen LogP contribution in [-0.4, -0.2) is 132 Å². The number of fused-ring (bicyclic) bond motifs is 8. The molecule has 0 radical (unpaired) electrons. The minimum atomic E-state index is -1.63. The number of hydrogen-bond donors (Lipinski definition) is 11. The predicted molar refractivity (Wildman–Crippen MR) is 256 cm³/mol. The van der Waals surface area contributed by atoms with E-state index >= 15 is 0 Å². The van der Waals surface area contributed by atoms with Crippen LogP contribution in [0.2, 0.25) is 0 Å². The van der Waals surface area contributed by atoms with Gasteiger partial charge in [0.2, 0.25) is 5.91 Å². The molecular formula is C54H84N4O12. The van der Waals surface area contributed by atoms with Gasteiger partial charge in [0.05, 0.1) is 42.6 Å². The van der Waals surface area contributed by atoms with E-state index in [1.165, 1.54) is 5.57 Å². The second kappa shape index (κ2) is 17.8. The van der Waals surface area contributed by atoms with Gasteiger partial charge in [0.15, 0.2) is 6.29 Å². The molecule has 16 nitrogen and oxygen atoms in total. The molecule has 2 saturated heterocycles. The van der Waals surface area contributed by atoms with Crippen LogP contribution < -0.4 is 11.1 Å². The van der Waals surface area contributed by atoms with E-state index in [0.717, 1.165) is 44.2 Å². The molecule has 6 saturated carbocycles. The van der Waals surface area contributed by atoms with Crippen LogP contribution >= 0.6 is 0 Å². The van der Waals surface area contributed by atoms with Gasteiger partial charge in [-0.3, -0.25) is 9.59 Å². The highest BCUT2D eigenvalue weighted by molar-refractivity contribution is 5.86. The van der Waals surface area contributed by atoms with Gasteiger partial charge in [0.25, 0.3) is 0 Å².